The van der Waals surface area contributed by atoms with E-state index in [9.17, 15) is 9.59 Å². The molecule has 64 valence electrons. The first-order chi connectivity index (χ1) is 4.98. The second-order valence-corrected chi connectivity index (χ2v) is 2.91. The number of hydrogen-bond donors (Lipinski definition) is 2. The summed E-state index contributed by atoms with van der Waals surface area (Å²) < 4.78 is 0. The van der Waals surface area contributed by atoms with Crippen molar-refractivity contribution in [1.82, 2.24) is 5.32 Å². The van der Waals surface area contributed by atoms with Crippen molar-refractivity contribution in [1.29, 1.82) is 0 Å². The first kappa shape index (κ1) is 10.1. The quantitative estimate of drug-likeness (QED) is 0.555. The molecule has 0 aromatic heterocycles. The van der Waals surface area contributed by atoms with Crippen molar-refractivity contribution in [2.45, 2.75) is 25.8 Å². The van der Waals surface area contributed by atoms with Gasteiger partial charge in [-0.15, -0.1) is 0 Å². The van der Waals surface area contributed by atoms with Crippen LogP contribution >= 0.6 is 0 Å². The van der Waals surface area contributed by atoms with Crippen molar-refractivity contribution in [2.75, 3.05) is 6.54 Å². The summed E-state index contributed by atoms with van der Waals surface area (Å²) in [4.78, 5) is 20.3. The van der Waals surface area contributed by atoms with E-state index in [1.165, 1.54) is 0 Å². The topological polar surface area (TPSA) is 66.4 Å². The predicted octanol–water partition coefficient (Wildman–Crippen LogP) is 0.0282. The van der Waals surface area contributed by atoms with Gasteiger partial charge in [0.25, 0.3) is 0 Å². The number of aldehydes is 1. The van der Waals surface area contributed by atoms with E-state index in [1.54, 1.807) is 13.8 Å². The van der Waals surface area contributed by atoms with Gasteiger partial charge in [-0.25, -0.2) is 0 Å². The Morgan fingerprint density at radius 1 is 1.64 bits per heavy atom. The maximum atomic E-state index is 10.3. The van der Waals surface area contributed by atoms with Crippen molar-refractivity contribution >= 4 is 12.3 Å². The zero-order valence-corrected chi connectivity index (χ0v) is 6.76. The molecule has 0 aliphatic rings. The van der Waals surface area contributed by atoms with Gasteiger partial charge in [-0.2, -0.15) is 0 Å². The summed E-state index contributed by atoms with van der Waals surface area (Å²) >= 11 is 0. The van der Waals surface area contributed by atoms with Gasteiger partial charge in [-0.1, -0.05) is 0 Å². The van der Waals surface area contributed by atoms with Crippen LogP contribution in [-0.2, 0) is 9.59 Å². The largest absolute Gasteiger partial charge is 0.481 e. The highest BCUT2D eigenvalue weighted by Gasteiger charge is 2.14. The lowest BCUT2D eigenvalue weighted by atomic mass is 10.1. The average molecular weight is 159 g/mol. The minimum Gasteiger partial charge on any atom is -0.481 e. The van der Waals surface area contributed by atoms with Gasteiger partial charge in [0, 0.05) is 6.54 Å². The van der Waals surface area contributed by atoms with Gasteiger partial charge < -0.3 is 15.2 Å². The smallest absolute Gasteiger partial charge is 0.304 e. The zero-order chi connectivity index (χ0) is 8.91. The van der Waals surface area contributed by atoms with Crippen molar-refractivity contribution in [3.05, 3.63) is 0 Å². The highest BCUT2D eigenvalue weighted by atomic mass is 16.4. The van der Waals surface area contributed by atoms with Crippen LogP contribution in [0.25, 0.3) is 0 Å². The third kappa shape index (κ3) is 5.54. The number of hydrogen-bond acceptors (Lipinski definition) is 3. The Balaban J connectivity index is 3.53. The van der Waals surface area contributed by atoms with Crippen LogP contribution in [-0.4, -0.2) is 29.4 Å². The van der Waals surface area contributed by atoms with Crippen LogP contribution in [0.5, 0.6) is 0 Å². The van der Waals surface area contributed by atoms with E-state index >= 15 is 0 Å². The summed E-state index contributed by atoms with van der Waals surface area (Å²) in [5.74, 6) is -0.862. The molecule has 0 rings (SSSR count). The number of carboxylic acids is 1. The van der Waals surface area contributed by atoms with Crippen LogP contribution in [0.2, 0.25) is 0 Å². The molecule has 0 bridgehead atoms. The molecule has 0 spiro atoms. The van der Waals surface area contributed by atoms with Crippen LogP contribution < -0.4 is 5.32 Å². The molecule has 4 heteroatoms. The molecule has 0 aromatic carbocycles. The molecule has 0 saturated carbocycles. The molecule has 0 aromatic rings. The van der Waals surface area contributed by atoms with Gasteiger partial charge >= 0.3 is 5.97 Å². The van der Waals surface area contributed by atoms with Gasteiger partial charge in [0.15, 0.2) is 0 Å². The molecular formula is C7H13NO3. The minimum absolute atomic E-state index is 0.0390. The van der Waals surface area contributed by atoms with E-state index in [0.29, 0.717) is 6.54 Å². The molecule has 0 unspecified atom stereocenters. The first-order valence-corrected chi connectivity index (χ1v) is 3.41. The highest BCUT2D eigenvalue weighted by Crippen LogP contribution is 1.95. The van der Waals surface area contributed by atoms with Crippen LogP contribution in [0.3, 0.4) is 0 Å². The van der Waals surface area contributed by atoms with Crippen LogP contribution in [0.4, 0.5) is 0 Å². The summed E-state index contributed by atoms with van der Waals surface area (Å²) in [5, 5.41) is 11.0. The predicted molar refractivity (Wildman–Crippen MR) is 40.4 cm³/mol. The van der Waals surface area contributed by atoms with Crippen molar-refractivity contribution in [3.63, 3.8) is 0 Å². The monoisotopic (exact) mass is 159 g/mol. The fourth-order valence-electron chi connectivity index (χ4n) is 0.533. The van der Waals surface area contributed by atoms with E-state index in [-0.39, 0.29) is 6.42 Å². The Kier molecular flexibility index (Phi) is 3.74. The van der Waals surface area contributed by atoms with E-state index in [4.69, 9.17) is 5.11 Å². The third-order valence-electron chi connectivity index (χ3n) is 1.21. The number of nitrogens with one attached hydrogen (secondary N) is 1. The number of carbonyl (C=O) groups is 2. The van der Waals surface area contributed by atoms with Crippen LogP contribution in [0.1, 0.15) is 20.3 Å². The fourth-order valence-corrected chi connectivity index (χ4v) is 0.533. The van der Waals surface area contributed by atoms with E-state index < -0.39 is 11.5 Å². The Morgan fingerprint density at radius 2 is 2.18 bits per heavy atom. The van der Waals surface area contributed by atoms with Crippen molar-refractivity contribution in [2.24, 2.45) is 0 Å². The molecule has 0 fully saturated rings. The molecule has 2 N–H and O–H groups in total. The van der Waals surface area contributed by atoms with Crippen molar-refractivity contribution < 1.29 is 14.7 Å². The summed E-state index contributed by atoms with van der Waals surface area (Å²) in [5.41, 5.74) is -0.616. The maximum absolute atomic E-state index is 10.3. The fraction of sp³-hybridized carbons (Fsp3) is 0.714. The molecule has 0 aliphatic heterocycles. The number of rotatable bonds is 5. The van der Waals surface area contributed by atoms with Gasteiger partial charge in [-0.3, -0.25) is 4.79 Å². The molecule has 0 amide bonds. The Morgan fingerprint density at radius 3 is 2.55 bits per heavy atom. The Bertz CT molecular complexity index is 154. The third-order valence-corrected chi connectivity index (χ3v) is 1.21. The van der Waals surface area contributed by atoms with E-state index in [2.05, 4.69) is 5.32 Å². The van der Waals surface area contributed by atoms with E-state index in [0.717, 1.165) is 6.29 Å². The average Bonchev–Trinajstić information content (AvgIpc) is 1.87. The van der Waals surface area contributed by atoms with Crippen LogP contribution in [0, 0.1) is 0 Å². The normalized spacial score (nSPS) is 11.1. The second-order valence-electron chi connectivity index (χ2n) is 2.91. The summed E-state index contributed by atoms with van der Waals surface area (Å²) in [6.07, 6.45) is 0.798. The number of carbonyl (C=O) groups excluding carboxylic acids is 1. The number of aliphatic carboxylic acids is 1. The lowest BCUT2D eigenvalue weighted by Gasteiger charge is -2.17. The molecule has 0 heterocycles. The standard InChI is InChI=1S/C7H13NO3/c1-7(2,5-9)8-4-3-6(10)11/h5,8H,3-4H2,1-2H3,(H,10,11). The summed E-state index contributed by atoms with van der Waals surface area (Å²) in [7, 11) is 0. The van der Waals surface area contributed by atoms with Crippen LogP contribution in [0.15, 0.2) is 0 Å². The summed E-state index contributed by atoms with van der Waals surface area (Å²) in [6, 6.07) is 0. The van der Waals surface area contributed by atoms with Crippen molar-refractivity contribution in [3.8, 4) is 0 Å². The Labute approximate surface area is 65.6 Å². The Hall–Kier alpha value is -0.900. The van der Waals surface area contributed by atoms with E-state index in [1.807, 2.05) is 0 Å². The first-order valence-electron chi connectivity index (χ1n) is 3.41. The van der Waals surface area contributed by atoms with Gasteiger partial charge in [0.2, 0.25) is 0 Å². The molecular weight excluding hydrogens is 146 g/mol. The van der Waals surface area contributed by atoms with Gasteiger partial charge in [0.05, 0.1) is 12.0 Å². The minimum atomic E-state index is -0.862. The van der Waals surface area contributed by atoms with Gasteiger partial charge in [-0.05, 0) is 13.8 Å². The number of carboxylic acid groups (broad SMARTS) is 1. The molecule has 0 saturated heterocycles. The SMILES string of the molecule is CC(C)(C=O)NCCC(=O)O. The summed E-state index contributed by atoms with van der Waals surface area (Å²) in [6.45, 7) is 3.71. The lowest BCUT2D eigenvalue weighted by molar-refractivity contribution is -0.137. The molecule has 0 aliphatic carbocycles. The maximum Gasteiger partial charge on any atom is 0.304 e. The van der Waals surface area contributed by atoms with Gasteiger partial charge in [0.1, 0.15) is 6.29 Å². The molecule has 0 atom stereocenters. The highest BCUT2D eigenvalue weighted by molar-refractivity contribution is 5.67. The molecule has 4 nitrogen and oxygen atoms in total. The second kappa shape index (κ2) is 4.08. The zero-order valence-electron chi connectivity index (χ0n) is 6.76. The lowest BCUT2D eigenvalue weighted by Crippen LogP contribution is -2.41. The molecule has 0 radical (unpaired) electrons. The molecule has 11 heavy (non-hydrogen) atoms.